The predicted octanol–water partition coefficient (Wildman–Crippen LogP) is 1.96. The van der Waals surface area contributed by atoms with E-state index in [4.69, 9.17) is 15.3 Å². The van der Waals surface area contributed by atoms with Gasteiger partial charge in [0.25, 0.3) is 5.91 Å². The number of aromatic nitrogens is 3. The number of carbonyl (C=O) groups excluding carboxylic acids is 1. The highest BCUT2D eigenvalue weighted by molar-refractivity contribution is 6.04. The number of benzene rings is 1. The van der Waals surface area contributed by atoms with Gasteiger partial charge < -0.3 is 9.72 Å². The Kier molecular flexibility index (Phi) is 3.79. The number of carbonyl (C=O) groups is 1. The maximum Gasteiger partial charge on any atom is 0.276 e. The van der Waals surface area contributed by atoms with Gasteiger partial charge in [-0.25, -0.2) is 9.97 Å². The van der Waals surface area contributed by atoms with Crippen LogP contribution in [0.4, 0.5) is 5.95 Å². The number of aromatic amines is 1. The number of rotatable bonds is 3. The molecule has 2 N–H and O–H groups in total. The number of pyridine rings is 1. The third-order valence-electron chi connectivity index (χ3n) is 3.28. The van der Waals surface area contributed by atoms with E-state index in [0.29, 0.717) is 5.88 Å². The van der Waals surface area contributed by atoms with Crippen molar-refractivity contribution in [2.24, 2.45) is 0 Å². The average molecular weight is 318 g/mol. The van der Waals surface area contributed by atoms with E-state index in [1.165, 1.54) is 7.11 Å². The smallest absolute Gasteiger partial charge is 0.276 e. The molecule has 0 unspecified atom stereocenters. The molecule has 3 rings (SSSR count). The number of anilines is 1. The molecule has 1 amide bonds. The van der Waals surface area contributed by atoms with Gasteiger partial charge in [0.1, 0.15) is 17.8 Å². The summed E-state index contributed by atoms with van der Waals surface area (Å²) in [5.41, 5.74) is 0.0210. The third-order valence-corrected chi connectivity index (χ3v) is 3.28. The first-order valence-corrected chi connectivity index (χ1v) is 6.81. The van der Waals surface area contributed by atoms with Gasteiger partial charge in [0.15, 0.2) is 11.4 Å². The van der Waals surface area contributed by atoms with E-state index < -0.39 is 5.91 Å². The lowest BCUT2D eigenvalue weighted by Gasteiger charge is -2.07. The zero-order valence-corrected chi connectivity index (χ0v) is 12.5. The Morgan fingerprint density at radius 2 is 2.04 bits per heavy atom. The molecular weight excluding hydrogens is 308 g/mol. The van der Waals surface area contributed by atoms with E-state index >= 15 is 0 Å². The summed E-state index contributed by atoms with van der Waals surface area (Å²) in [6, 6.07) is 12.6. The van der Waals surface area contributed by atoms with Gasteiger partial charge in [-0.05, 0) is 17.5 Å². The van der Waals surface area contributed by atoms with E-state index in [1.807, 2.05) is 24.3 Å². The lowest BCUT2D eigenvalue weighted by Crippen LogP contribution is -2.15. The van der Waals surface area contributed by atoms with Crippen LogP contribution in [0, 0.1) is 22.7 Å². The second kappa shape index (κ2) is 6.07. The second-order valence-electron chi connectivity index (χ2n) is 4.72. The SMILES string of the molecule is COc1nc(C(=O)Nc2nc(C#N)c(C#N)[nH]2)cc2ccccc12. The van der Waals surface area contributed by atoms with Crippen LogP contribution >= 0.6 is 0 Å². The number of nitriles is 2. The molecule has 2 aromatic heterocycles. The predicted molar refractivity (Wildman–Crippen MR) is 84.3 cm³/mol. The number of fused-ring (bicyclic) bond motifs is 1. The highest BCUT2D eigenvalue weighted by Crippen LogP contribution is 2.24. The fourth-order valence-corrected chi connectivity index (χ4v) is 2.20. The highest BCUT2D eigenvalue weighted by atomic mass is 16.5. The van der Waals surface area contributed by atoms with Gasteiger partial charge in [-0.1, -0.05) is 18.2 Å². The Balaban J connectivity index is 1.96. The third kappa shape index (κ3) is 2.60. The first-order valence-electron chi connectivity index (χ1n) is 6.81. The maximum absolute atomic E-state index is 12.4. The molecule has 0 fully saturated rings. The number of amides is 1. The van der Waals surface area contributed by atoms with E-state index in [0.717, 1.165) is 10.8 Å². The van der Waals surface area contributed by atoms with Gasteiger partial charge in [-0.2, -0.15) is 10.5 Å². The zero-order valence-electron chi connectivity index (χ0n) is 12.5. The molecule has 0 aliphatic heterocycles. The van der Waals surface area contributed by atoms with Crippen LogP contribution in [0.25, 0.3) is 10.8 Å². The van der Waals surface area contributed by atoms with Gasteiger partial charge in [-0.15, -0.1) is 0 Å². The van der Waals surface area contributed by atoms with Gasteiger partial charge in [0.05, 0.1) is 7.11 Å². The van der Waals surface area contributed by atoms with Crippen LogP contribution in [0.5, 0.6) is 5.88 Å². The van der Waals surface area contributed by atoms with Crippen molar-refractivity contribution in [3.63, 3.8) is 0 Å². The van der Waals surface area contributed by atoms with Crippen molar-refractivity contribution >= 4 is 22.6 Å². The van der Waals surface area contributed by atoms with E-state index in [1.54, 1.807) is 18.2 Å². The summed E-state index contributed by atoms with van der Waals surface area (Å²) in [7, 11) is 1.47. The maximum atomic E-state index is 12.4. The summed E-state index contributed by atoms with van der Waals surface area (Å²) >= 11 is 0. The Bertz CT molecular complexity index is 994. The van der Waals surface area contributed by atoms with Crippen LogP contribution in [-0.4, -0.2) is 28.0 Å². The molecule has 0 aliphatic carbocycles. The van der Waals surface area contributed by atoms with Crippen molar-refractivity contribution < 1.29 is 9.53 Å². The fraction of sp³-hybridized carbons (Fsp3) is 0.0625. The largest absolute Gasteiger partial charge is 0.481 e. The van der Waals surface area contributed by atoms with Crippen LogP contribution < -0.4 is 10.1 Å². The molecule has 24 heavy (non-hydrogen) atoms. The van der Waals surface area contributed by atoms with Gasteiger partial charge in [-0.3, -0.25) is 10.1 Å². The first-order chi connectivity index (χ1) is 11.7. The summed E-state index contributed by atoms with van der Waals surface area (Å²) < 4.78 is 5.23. The number of imidazole rings is 1. The molecule has 0 atom stereocenters. The number of ether oxygens (including phenoxy) is 1. The van der Waals surface area contributed by atoms with Crippen LogP contribution in [0.3, 0.4) is 0 Å². The summed E-state index contributed by atoms with van der Waals surface area (Å²) in [5, 5.41) is 21.8. The van der Waals surface area contributed by atoms with Crippen molar-refractivity contribution in [2.45, 2.75) is 0 Å². The molecule has 0 bridgehead atoms. The van der Waals surface area contributed by atoms with Crippen molar-refractivity contribution in [1.29, 1.82) is 10.5 Å². The molecule has 116 valence electrons. The molecule has 0 saturated heterocycles. The molecule has 0 saturated carbocycles. The number of hydrogen-bond donors (Lipinski definition) is 2. The lowest BCUT2D eigenvalue weighted by molar-refractivity contribution is 0.102. The average Bonchev–Trinajstić information content (AvgIpc) is 3.02. The zero-order chi connectivity index (χ0) is 17.1. The number of hydrogen-bond acceptors (Lipinski definition) is 6. The van der Waals surface area contributed by atoms with E-state index in [9.17, 15) is 4.79 Å². The van der Waals surface area contributed by atoms with Gasteiger partial charge in [0.2, 0.25) is 11.8 Å². The minimum absolute atomic E-state index is 0.00188. The Morgan fingerprint density at radius 1 is 1.25 bits per heavy atom. The van der Waals surface area contributed by atoms with Crippen LogP contribution in [0.2, 0.25) is 0 Å². The minimum atomic E-state index is -0.540. The number of methoxy groups -OCH3 is 1. The summed E-state index contributed by atoms with van der Waals surface area (Å²) in [6.45, 7) is 0. The van der Waals surface area contributed by atoms with Crippen molar-refractivity contribution in [2.75, 3.05) is 12.4 Å². The number of nitrogens with zero attached hydrogens (tertiary/aromatic N) is 4. The van der Waals surface area contributed by atoms with Crippen molar-refractivity contribution in [1.82, 2.24) is 15.0 Å². The molecular formula is C16H10N6O2. The Hall–Kier alpha value is -3.91. The summed E-state index contributed by atoms with van der Waals surface area (Å²) in [4.78, 5) is 23.0. The monoisotopic (exact) mass is 318 g/mol. The molecule has 0 aliphatic rings. The number of H-pyrrole nitrogens is 1. The lowest BCUT2D eigenvalue weighted by atomic mass is 10.1. The van der Waals surface area contributed by atoms with E-state index in [2.05, 4.69) is 20.3 Å². The van der Waals surface area contributed by atoms with Crippen molar-refractivity contribution in [3.8, 4) is 18.0 Å². The summed E-state index contributed by atoms with van der Waals surface area (Å²) in [5.74, 6) is -0.211. The molecule has 0 radical (unpaired) electrons. The molecule has 8 nitrogen and oxygen atoms in total. The molecule has 2 heterocycles. The van der Waals surface area contributed by atoms with Crippen LogP contribution in [-0.2, 0) is 0 Å². The standard InChI is InChI=1S/C16H10N6O2/c1-24-15-10-5-3-2-4-9(10)6-11(19-15)14(23)22-16-20-12(7-17)13(8-18)21-16/h2-6H,1H3,(H2,20,21,22,23). The second-order valence-corrected chi connectivity index (χ2v) is 4.72. The minimum Gasteiger partial charge on any atom is -0.481 e. The quantitative estimate of drug-likeness (QED) is 0.759. The van der Waals surface area contributed by atoms with Crippen molar-refractivity contribution in [3.05, 3.63) is 47.4 Å². The molecule has 1 aromatic carbocycles. The topological polar surface area (TPSA) is 127 Å². The number of nitrogens with one attached hydrogen (secondary N) is 2. The Labute approximate surface area is 136 Å². The van der Waals surface area contributed by atoms with E-state index in [-0.39, 0.29) is 23.0 Å². The normalized spacial score (nSPS) is 9.96. The fourth-order valence-electron chi connectivity index (χ4n) is 2.20. The van der Waals surface area contributed by atoms with Gasteiger partial charge in [0, 0.05) is 5.39 Å². The first kappa shape index (κ1) is 15.0. The molecule has 0 spiro atoms. The summed E-state index contributed by atoms with van der Waals surface area (Å²) in [6.07, 6.45) is 0. The molecule has 8 heteroatoms. The Morgan fingerprint density at radius 3 is 2.71 bits per heavy atom. The molecule has 3 aromatic rings. The van der Waals surface area contributed by atoms with Gasteiger partial charge >= 0.3 is 0 Å². The highest BCUT2D eigenvalue weighted by Gasteiger charge is 2.16. The van der Waals surface area contributed by atoms with Crippen LogP contribution in [0.15, 0.2) is 30.3 Å². The van der Waals surface area contributed by atoms with Crippen LogP contribution in [0.1, 0.15) is 21.9 Å².